The van der Waals surface area contributed by atoms with E-state index >= 15 is 0 Å². The molecule has 1 aromatic rings. The number of piperazine rings is 1. The van der Waals surface area contributed by atoms with E-state index in [2.05, 4.69) is 25.2 Å². The Balaban J connectivity index is 1.95. The number of aryl methyl sites for hydroxylation is 1. The molecule has 0 bridgehead atoms. The summed E-state index contributed by atoms with van der Waals surface area (Å²) in [6, 6.07) is 6.14. The van der Waals surface area contributed by atoms with Crippen molar-refractivity contribution in [1.82, 2.24) is 4.90 Å². The molecule has 1 aliphatic heterocycles. The number of amides is 2. The average Bonchev–Trinajstić information content (AvgIpc) is 2.49. The van der Waals surface area contributed by atoms with Gasteiger partial charge in [-0.25, -0.2) is 0 Å². The minimum absolute atomic E-state index is 0.0486. The average molecular weight is 318 g/mol. The highest BCUT2D eigenvalue weighted by atomic mass is 16.2. The predicted octanol–water partition coefficient (Wildman–Crippen LogP) is 0.804. The van der Waals surface area contributed by atoms with Crippen molar-refractivity contribution in [1.29, 1.82) is 0 Å². The Hall–Kier alpha value is -1.88. The molecule has 2 rings (SSSR count). The fraction of sp³-hybridized carbons (Fsp3) is 0.556. The third kappa shape index (κ3) is 4.55. The van der Waals surface area contributed by atoms with Crippen molar-refractivity contribution in [3.63, 3.8) is 0 Å². The molecule has 1 aromatic carbocycles. The van der Waals surface area contributed by atoms with Crippen LogP contribution in [0, 0.1) is 6.92 Å². The van der Waals surface area contributed by atoms with Gasteiger partial charge in [0.1, 0.15) is 0 Å². The Labute approximate surface area is 138 Å². The van der Waals surface area contributed by atoms with Gasteiger partial charge in [-0.15, -0.1) is 0 Å². The Kier molecular flexibility index (Phi) is 5.77. The molecule has 0 spiro atoms. The highest BCUT2D eigenvalue weighted by molar-refractivity contribution is 5.93. The van der Waals surface area contributed by atoms with E-state index in [-0.39, 0.29) is 11.8 Å². The van der Waals surface area contributed by atoms with E-state index in [4.69, 9.17) is 0 Å². The van der Waals surface area contributed by atoms with Crippen molar-refractivity contribution in [3.8, 4) is 0 Å². The minimum Gasteiger partial charge on any atom is -0.332 e. The molecular formula is C18H28N3O2+. The number of carbonyl (C=O) groups excluding carboxylic acids is 2. The fourth-order valence-corrected chi connectivity index (χ4v) is 3.07. The zero-order valence-corrected chi connectivity index (χ0v) is 14.6. The number of benzene rings is 1. The lowest BCUT2D eigenvalue weighted by atomic mass is 9.98. The molecule has 126 valence electrons. The molecule has 1 fully saturated rings. The predicted molar refractivity (Wildman–Crippen MR) is 91.7 cm³/mol. The molecular weight excluding hydrogens is 290 g/mol. The van der Waals surface area contributed by atoms with E-state index in [1.165, 1.54) is 10.5 Å². The number of nitrogens with zero attached hydrogens (tertiary/aromatic N) is 1. The molecule has 5 heteroatoms. The fourth-order valence-electron chi connectivity index (χ4n) is 3.07. The van der Waals surface area contributed by atoms with Gasteiger partial charge in [0.15, 0.2) is 6.54 Å². The quantitative estimate of drug-likeness (QED) is 0.863. The van der Waals surface area contributed by atoms with Crippen LogP contribution in [0.3, 0.4) is 0 Å². The van der Waals surface area contributed by atoms with Gasteiger partial charge in [0.05, 0.1) is 26.2 Å². The van der Waals surface area contributed by atoms with Crippen LogP contribution >= 0.6 is 0 Å². The summed E-state index contributed by atoms with van der Waals surface area (Å²) in [7, 11) is 0. The van der Waals surface area contributed by atoms with Crippen LogP contribution in [-0.4, -0.2) is 49.4 Å². The molecule has 0 unspecified atom stereocenters. The molecule has 0 radical (unpaired) electrons. The summed E-state index contributed by atoms with van der Waals surface area (Å²) < 4.78 is 0. The van der Waals surface area contributed by atoms with E-state index in [9.17, 15) is 9.59 Å². The Morgan fingerprint density at radius 3 is 2.48 bits per heavy atom. The standard InChI is InChI=1S/C18H27N3O2/c1-13(2)16-7-5-6-14(3)18(16)19-17(23)12-20-8-10-21(11-9-20)15(4)22/h5-7,13H,8-12H2,1-4H3,(H,19,23)/p+1. The van der Waals surface area contributed by atoms with Gasteiger partial charge in [-0.1, -0.05) is 32.0 Å². The number of para-hydroxylation sites is 1. The Morgan fingerprint density at radius 1 is 1.26 bits per heavy atom. The Bertz CT molecular complexity index is 576. The summed E-state index contributed by atoms with van der Waals surface area (Å²) in [5, 5.41) is 3.10. The largest absolute Gasteiger partial charge is 0.332 e. The lowest BCUT2D eigenvalue weighted by Crippen LogP contribution is -3.15. The van der Waals surface area contributed by atoms with Crippen LogP contribution in [0.1, 0.15) is 37.8 Å². The molecule has 0 atom stereocenters. The lowest BCUT2D eigenvalue weighted by Gasteiger charge is -2.31. The van der Waals surface area contributed by atoms with Gasteiger partial charge in [-0.2, -0.15) is 0 Å². The molecule has 1 aliphatic rings. The van der Waals surface area contributed by atoms with E-state index in [1.807, 2.05) is 24.0 Å². The molecule has 23 heavy (non-hydrogen) atoms. The van der Waals surface area contributed by atoms with Gasteiger partial charge < -0.3 is 15.1 Å². The zero-order chi connectivity index (χ0) is 17.0. The molecule has 2 amide bonds. The van der Waals surface area contributed by atoms with Crippen molar-refractivity contribution in [3.05, 3.63) is 29.3 Å². The molecule has 0 aromatic heterocycles. The maximum atomic E-state index is 12.4. The molecule has 2 N–H and O–H groups in total. The first-order valence-electron chi connectivity index (χ1n) is 8.37. The zero-order valence-electron chi connectivity index (χ0n) is 14.6. The number of rotatable bonds is 4. The maximum absolute atomic E-state index is 12.4. The van der Waals surface area contributed by atoms with Crippen LogP contribution in [0.5, 0.6) is 0 Å². The molecule has 1 heterocycles. The van der Waals surface area contributed by atoms with Crippen LogP contribution in [0.2, 0.25) is 0 Å². The summed E-state index contributed by atoms with van der Waals surface area (Å²) in [5.74, 6) is 0.541. The highest BCUT2D eigenvalue weighted by Gasteiger charge is 2.24. The minimum atomic E-state index is 0.0486. The second kappa shape index (κ2) is 7.59. The van der Waals surface area contributed by atoms with Crippen LogP contribution in [-0.2, 0) is 9.59 Å². The van der Waals surface area contributed by atoms with E-state index < -0.39 is 0 Å². The summed E-state index contributed by atoms with van der Waals surface area (Å²) >= 11 is 0. The first-order valence-corrected chi connectivity index (χ1v) is 8.37. The van der Waals surface area contributed by atoms with Gasteiger partial charge in [-0.3, -0.25) is 9.59 Å². The van der Waals surface area contributed by atoms with Crippen molar-refractivity contribution < 1.29 is 14.5 Å². The number of hydrogen-bond acceptors (Lipinski definition) is 2. The summed E-state index contributed by atoms with van der Waals surface area (Å²) in [6.07, 6.45) is 0. The van der Waals surface area contributed by atoms with E-state index in [0.717, 1.165) is 37.4 Å². The number of hydrogen-bond donors (Lipinski definition) is 2. The van der Waals surface area contributed by atoms with Gasteiger partial charge in [0.2, 0.25) is 5.91 Å². The van der Waals surface area contributed by atoms with Gasteiger partial charge in [0, 0.05) is 12.6 Å². The normalized spacial score (nSPS) is 15.8. The monoisotopic (exact) mass is 318 g/mol. The van der Waals surface area contributed by atoms with Crippen LogP contribution in [0.25, 0.3) is 0 Å². The van der Waals surface area contributed by atoms with E-state index in [1.54, 1.807) is 6.92 Å². The topological polar surface area (TPSA) is 53.9 Å². The van der Waals surface area contributed by atoms with Crippen molar-refractivity contribution in [2.75, 3.05) is 38.0 Å². The number of quaternary nitrogens is 1. The smallest absolute Gasteiger partial charge is 0.279 e. The van der Waals surface area contributed by atoms with E-state index in [0.29, 0.717) is 12.5 Å². The number of carbonyl (C=O) groups is 2. The van der Waals surface area contributed by atoms with Crippen LogP contribution in [0.15, 0.2) is 18.2 Å². The summed E-state index contributed by atoms with van der Waals surface area (Å²) in [4.78, 5) is 26.8. The molecule has 0 saturated carbocycles. The highest BCUT2D eigenvalue weighted by Crippen LogP contribution is 2.27. The Morgan fingerprint density at radius 2 is 1.91 bits per heavy atom. The molecule has 5 nitrogen and oxygen atoms in total. The van der Waals surface area contributed by atoms with Crippen molar-refractivity contribution in [2.24, 2.45) is 0 Å². The second-order valence-electron chi connectivity index (χ2n) is 6.67. The summed E-state index contributed by atoms with van der Waals surface area (Å²) in [6.45, 7) is 11.5. The van der Waals surface area contributed by atoms with Gasteiger partial charge in [0.25, 0.3) is 5.91 Å². The third-order valence-corrected chi connectivity index (χ3v) is 4.52. The molecule has 1 saturated heterocycles. The van der Waals surface area contributed by atoms with Gasteiger partial charge in [-0.05, 0) is 24.0 Å². The second-order valence-corrected chi connectivity index (χ2v) is 6.67. The van der Waals surface area contributed by atoms with Crippen molar-refractivity contribution in [2.45, 2.75) is 33.6 Å². The van der Waals surface area contributed by atoms with Crippen LogP contribution in [0.4, 0.5) is 5.69 Å². The lowest BCUT2D eigenvalue weighted by molar-refractivity contribution is -0.895. The van der Waals surface area contributed by atoms with Crippen molar-refractivity contribution >= 4 is 17.5 Å². The van der Waals surface area contributed by atoms with Crippen LogP contribution < -0.4 is 10.2 Å². The molecule has 0 aliphatic carbocycles. The summed E-state index contributed by atoms with van der Waals surface area (Å²) in [5.41, 5.74) is 3.23. The number of nitrogens with one attached hydrogen (secondary N) is 2. The third-order valence-electron chi connectivity index (χ3n) is 4.52. The maximum Gasteiger partial charge on any atom is 0.279 e. The first-order chi connectivity index (χ1) is 10.9. The van der Waals surface area contributed by atoms with Gasteiger partial charge >= 0.3 is 0 Å². The SMILES string of the molecule is CC(=O)N1CC[NH+](CC(=O)Nc2c(C)cccc2C(C)C)CC1. The first kappa shape index (κ1) is 17.5. The number of anilines is 1.